The summed E-state index contributed by atoms with van der Waals surface area (Å²) in [5, 5.41) is 5.03. The summed E-state index contributed by atoms with van der Waals surface area (Å²) in [5.74, 6) is 0.677. The number of rotatable bonds is 2. The maximum atomic E-state index is 11.2. The van der Waals surface area contributed by atoms with E-state index in [1.165, 1.54) is 22.0 Å². The number of amides is 1. The molecule has 4 nitrogen and oxygen atoms in total. The van der Waals surface area contributed by atoms with Crippen molar-refractivity contribution in [3.63, 3.8) is 0 Å². The molecule has 2 aromatic rings. The second-order valence-electron chi connectivity index (χ2n) is 6.18. The maximum Gasteiger partial charge on any atom is 0.217 e. The second-order valence-corrected chi connectivity index (χ2v) is 6.18. The SMILES string of the molecule is NC(=O)C[C@@H]1CN[C@@H]2Cc3c[nH]c4cccc(c34)[C@H]2C1. The van der Waals surface area contributed by atoms with E-state index in [-0.39, 0.29) is 5.91 Å². The molecule has 0 radical (unpaired) electrons. The summed E-state index contributed by atoms with van der Waals surface area (Å²) in [6.07, 6.45) is 4.77. The number of hydrogen-bond donors (Lipinski definition) is 3. The predicted octanol–water partition coefficient (Wildman–Crippen LogP) is 1.66. The molecule has 0 bridgehead atoms. The summed E-state index contributed by atoms with van der Waals surface area (Å²) >= 11 is 0. The van der Waals surface area contributed by atoms with E-state index in [1.807, 2.05) is 0 Å². The average Bonchev–Trinajstić information content (AvgIpc) is 2.84. The van der Waals surface area contributed by atoms with Gasteiger partial charge in [-0.25, -0.2) is 0 Å². The molecule has 2 heterocycles. The molecule has 0 spiro atoms. The van der Waals surface area contributed by atoms with Crippen LogP contribution in [0.3, 0.4) is 0 Å². The number of nitrogens with one attached hydrogen (secondary N) is 2. The number of primary amides is 1. The van der Waals surface area contributed by atoms with Crippen LogP contribution in [0, 0.1) is 5.92 Å². The van der Waals surface area contributed by atoms with E-state index in [9.17, 15) is 4.79 Å². The molecule has 0 unspecified atom stereocenters. The van der Waals surface area contributed by atoms with Gasteiger partial charge in [-0.3, -0.25) is 4.79 Å². The van der Waals surface area contributed by atoms with Crippen molar-refractivity contribution in [3.05, 3.63) is 35.5 Å². The van der Waals surface area contributed by atoms with Crippen molar-refractivity contribution in [2.45, 2.75) is 31.2 Å². The Labute approximate surface area is 117 Å². The zero-order chi connectivity index (χ0) is 13.7. The molecule has 1 aliphatic heterocycles. The first-order valence-corrected chi connectivity index (χ1v) is 7.33. The molecule has 2 aliphatic rings. The molecule has 104 valence electrons. The van der Waals surface area contributed by atoms with Crippen molar-refractivity contribution in [2.24, 2.45) is 11.7 Å². The van der Waals surface area contributed by atoms with Crippen LogP contribution in [0.2, 0.25) is 0 Å². The Hall–Kier alpha value is -1.81. The van der Waals surface area contributed by atoms with Gasteiger partial charge < -0.3 is 16.0 Å². The predicted molar refractivity (Wildman–Crippen MR) is 78.5 cm³/mol. The van der Waals surface area contributed by atoms with Crippen molar-refractivity contribution in [1.29, 1.82) is 0 Å². The second kappa shape index (κ2) is 4.35. The lowest BCUT2D eigenvalue weighted by Gasteiger charge is -2.40. The Balaban J connectivity index is 1.73. The molecule has 0 saturated carbocycles. The van der Waals surface area contributed by atoms with Crippen LogP contribution < -0.4 is 11.1 Å². The van der Waals surface area contributed by atoms with Crippen LogP contribution in [-0.2, 0) is 11.2 Å². The van der Waals surface area contributed by atoms with Gasteiger partial charge in [0.25, 0.3) is 0 Å². The molecule has 20 heavy (non-hydrogen) atoms. The quantitative estimate of drug-likeness (QED) is 0.776. The first-order valence-electron chi connectivity index (χ1n) is 7.33. The highest BCUT2D eigenvalue weighted by Crippen LogP contribution is 2.42. The summed E-state index contributed by atoms with van der Waals surface area (Å²) in [6, 6.07) is 7.00. The number of nitrogens with two attached hydrogens (primary N) is 1. The average molecular weight is 269 g/mol. The number of aromatic amines is 1. The molecule has 1 aliphatic carbocycles. The third-order valence-electron chi connectivity index (χ3n) is 4.89. The minimum Gasteiger partial charge on any atom is -0.370 e. The molecule has 1 amide bonds. The Morgan fingerprint density at radius 1 is 1.40 bits per heavy atom. The first kappa shape index (κ1) is 12.0. The summed E-state index contributed by atoms with van der Waals surface area (Å²) in [6.45, 7) is 0.903. The molecule has 1 saturated heterocycles. The zero-order valence-corrected chi connectivity index (χ0v) is 11.4. The molecule has 4 heteroatoms. The molecular weight excluding hydrogens is 250 g/mol. The molecule has 4 N–H and O–H groups in total. The summed E-state index contributed by atoms with van der Waals surface area (Å²) in [4.78, 5) is 14.5. The van der Waals surface area contributed by atoms with E-state index < -0.39 is 0 Å². The van der Waals surface area contributed by atoms with Gasteiger partial charge in [0.1, 0.15) is 0 Å². The van der Waals surface area contributed by atoms with Gasteiger partial charge in [0.05, 0.1) is 0 Å². The van der Waals surface area contributed by atoms with Gasteiger partial charge >= 0.3 is 0 Å². The monoisotopic (exact) mass is 269 g/mol. The zero-order valence-electron chi connectivity index (χ0n) is 11.4. The molecule has 4 rings (SSSR count). The smallest absolute Gasteiger partial charge is 0.217 e. The van der Waals surface area contributed by atoms with Crippen molar-refractivity contribution in [3.8, 4) is 0 Å². The summed E-state index contributed by atoms with van der Waals surface area (Å²) in [7, 11) is 0. The molecule has 3 atom stereocenters. The normalized spacial score (nSPS) is 28.3. The van der Waals surface area contributed by atoms with Crippen LogP contribution in [0.4, 0.5) is 0 Å². The van der Waals surface area contributed by atoms with Crippen LogP contribution in [0.1, 0.15) is 29.9 Å². The molecule has 1 aromatic heterocycles. The Kier molecular flexibility index (Phi) is 2.60. The Morgan fingerprint density at radius 2 is 2.30 bits per heavy atom. The van der Waals surface area contributed by atoms with Gasteiger partial charge in [-0.05, 0) is 42.5 Å². The maximum absolute atomic E-state index is 11.2. The lowest BCUT2D eigenvalue weighted by Crippen LogP contribution is -2.47. The van der Waals surface area contributed by atoms with E-state index in [2.05, 4.69) is 34.7 Å². The number of fused-ring (bicyclic) bond motifs is 2. The van der Waals surface area contributed by atoms with Crippen LogP contribution in [-0.4, -0.2) is 23.5 Å². The van der Waals surface area contributed by atoms with Crippen molar-refractivity contribution in [1.82, 2.24) is 10.3 Å². The largest absolute Gasteiger partial charge is 0.370 e. The number of hydrogen-bond acceptors (Lipinski definition) is 2. The van der Waals surface area contributed by atoms with E-state index in [0.717, 1.165) is 19.4 Å². The highest BCUT2D eigenvalue weighted by atomic mass is 16.1. The fourth-order valence-electron chi connectivity index (χ4n) is 4.06. The van der Waals surface area contributed by atoms with Crippen LogP contribution in [0.15, 0.2) is 24.4 Å². The number of piperidine rings is 1. The van der Waals surface area contributed by atoms with Crippen molar-refractivity contribution < 1.29 is 4.79 Å². The Bertz CT molecular complexity index is 675. The van der Waals surface area contributed by atoms with E-state index in [1.54, 1.807) is 0 Å². The molecular formula is C16H19N3O. The fourth-order valence-corrected chi connectivity index (χ4v) is 4.06. The lowest BCUT2D eigenvalue weighted by atomic mass is 9.73. The third kappa shape index (κ3) is 1.75. The van der Waals surface area contributed by atoms with Gasteiger partial charge in [0.15, 0.2) is 0 Å². The topological polar surface area (TPSA) is 70.9 Å². The number of H-pyrrole nitrogens is 1. The molecule has 1 aromatic carbocycles. The van der Waals surface area contributed by atoms with E-state index in [4.69, 9.17) is 5.73 Å². The Morgan fingerprint density at radius 3 is 3.15 bits per heavy atom. The standard InChI is InChI=1S/C16H19N3O/c17-15(20)5-9-4-12-11-2-1-3-13-16(11)10(8-19-13)6-14(12)18-7-9/h1-3,8-9,12,14,18-19H,4-7H2,(H2,17,20)/t9-,12-,14-/m1/s1. The van der Waals surface area contributed by atoms with Gasteiger partial charge in [-0.2, -0.15) is 0 Å². The van der Waals surface area contributed by atoms with Crippen LogP contribution in [0.5, 0.6) is 0 Å². The number of carbonyl (C=O) groups is 1. The van der Waals surface area contributed by atoms with Crippen LogP contribution >= 0.6 is 0 Å². The molecule has 1 fully saturated rings. The van der Waals surface area contributed by atoms with Crippen molar-refractivity contribution in [2.75, 3.05) is 6.54 Å². The number of benzene rings is 1. The summed E-state index contributed by atoms with van der Waals surface area (Å²) in [5.41, 5.74) is 9.43. The lowest BCUT2D eigenvalue weighted by molar-refractivity contribution is -0.119. The number of carbonyl (C=O) groups excluding carboxylic acids is 1. The minimum atomic E-state index is -0.188. The minimum absolute atomic E-state index is 0.188. The fraction of sp³-hybridized carbons (Fsp3) is 0.438. The number of aromatic nitrogens is 1. The van der Waals surface area contributed by atoms with Gasteiger partial charge in [0.2, 0.25) is 5.91 Å². The van der Waals surface area contributed by atoms with Gasteiger partial charge in [-0.15, -0.1) is 0 Å². The highest BCUT2D eigenvalue weighted by Gasteiger charge is 2.36. The third-order valence-corrected chi connectivity index (χ3v) is 4.89. The van der Waals surface area contributed by atoms with Crippen molar-refractivity contribution >= 4 is 16.8 Å². The van der Waals surface area contributed by atoms with E-state index in [0.29, 0.717) is 24.3 Å². The van der Waals surface area contributed by atoms with Gasteiger partial charge in [0, 0.05) is 35.5 Å². The highest BCUT2D eigenvalue weighted by molar-refractivity contribution is 5.88. The van der Waals surface area contributed by atoms with Crippen LogP contribution in [0.25, 0.3) is 10.9 Å². The first-order chi connectivity index (χ1) is 9.72. The summed E-state index contributed by atoms with van der Waals surface area (Å²) < 4.78 is 0. The van der Waals surface area contributed by atoms with Gasteiger partial charge in [-0.1, -0.05) is 12.1 Å². The van der Waals surface area contributed by atoms with E-state index >= 15 is 0 Å².